The highest BCUT2D eigenvalue weighted by Crippen LogP contribution is 2.66. The molecule has 2 aliphatic carbocycles. The molecule has 2 heterocycles. The van der Waals surface area contributed by atoms with E-state index in [1.165, 1.54) is 24.8 Å². The Morgan fingerprint density at radius 3 is 2.50 bits per heavy atom. The molecule has 2 aliphatic heterocycles. The molecule has 2 saturated carbocycles. The average Bonchev–Trinajstić information content (AvgIpc) is 3.38. The Morgan fingerprint density at radius 1 is 1.11 bits per heavy atom. The zero-order valence-corrected chi connectivity index (χ0v) is 16.6. The van der Waals surface area contributed by atoms with Crippen molar-refractivity contribution in [3.63, 3.8) is 0 Å². The maximum Gasteiger partial charge on any atom is 0.226 e. The van der Waals surface area contributed by atoms with Gasteiger partial charge in [0.25, 0.3) is 0 Å². The predicted molar refractivity (Wildman–Crippen MR) is 109 cm³/mol. The third-order valence-corrected chi connectivity index (χ3v) is 7.81. The van der Waals surface area contributed by atoms with E-state index in [1.54, 1.807) is 0 Å². The Morgan fingerprint density at radius 2 is 1.86 bits per heavy atom. The molecule has 2 amide bonds. The third-order valence-electron chi connectivity index (χ3n) is 7.81. The average molecular weight is 379 g/mol. The van der Waals surface area contributed by atoms with Crippen molar-refractivity contribution >= 4 is 17.9 Å². The summed E-state index contributed by atoms with van der Waals surface area (Å²) in [6.07, 6.45) is 11.8. The van der Waals surface area contributed by atoms with E-state index in [2.05, 4.69) is 29.2 Å². The number of amides is 2. The summed E-state index contributed by atoms with van der Waals surface area (Å²) in [5.74, 6) is 0.995. The first-order chi connectivity index (χ1) is 13.6. The molecule has 28 heavy (non-hydrogen) atoms. The van der Waals surface area contributed by atoms with Crippen molar-refractivity contribution in [2.75, 3.05) is 26.2 Å². The monoisotopic (exact) mass is 378 g/mol. The number of likely N-dealkylation sites (tertiary alicyclic amines) is 2. The summed E-state index contributed by atoms with van der Waals surface area (Å²) in [4.78, 5) is 29.5. The fourth-order valence-corrected chi connectivity index (χ4v) is 5.67. The predicted octanol–water partition coefficient (Wildman–Crippen LogP) is 3.73. The van der Waals surface area contributed by atoms with Crippen molar-refractivity contribution in [2.24, 2.45) is 16.7 Å². The summed E-state index contributed by atoms with van der Waals surface area (Å²) in [5.41, 5.74) is 1.67. The van der Waals surface area contributed by atoms with Crippen molar-refractivity contribution in [3.8, 4) is 0 Å². The molecular formula is C24H30N2O2. The van der Waals surface area contributed by atoms with Crippen molar-refractivity contribution < 1.29 is 9.59 Å². The third kappa shape index (κ3) is 3.17. The molecule has 148 valence electrons. The molecule has 4 heteroatoms. The molecule has 0 bridgehead atoms. The Bertz CT molecular complexity index is 788. The van der Waals surface area contributed by atoms with E-state index < -0.39 is 0 Å². The molecule has 2 saturated heterocycles. The summed E-state index contributed by atoms with van der Waals surface area (Å²) in [7, 11) is 0. The van der Waals surface area contributed by atoms with E-state index >= 15 is 0 Å². The van der Waals surface area contributed by atoms with Crippen LogP contribution in [-0.2, 0) is 9.59 Å². The van der Waals surface area contributed by atoms with Gasteiger partial charge in [0.05, 0.1) is 0 Å². The summed E-state index contributed by atoms with van der Waals surface area (Å²) in [5, 5.41) is 0. The van der Waals surface area contributed by atoms with Gasteiger partial charge >= 0.3 is 0 Å². The van der Waals surface area contributed by atoms with Crippen LogP contribution >= 0.6 is 0 Å². The maximum atomic E-state index is 12.8. The van der Waals surface area contributed by atoms with Crippen molar-refractivity contribution in [1.82, 2.24) is 9.80 Å². The number of carbonyl (C=O) groups excluding carboxylic acids is 2. The van der Waals surface area contributed by atoms with Crippen molar-refractivity contribution in [1.29, 1.82) is 0 Å². The zero-order chi connectivity index (χ0) is 19.2. The normalized spacial score (nSPS) is 27.6. The first-order valence-electron chi connectivity index (χ1n) is 10.9. The molecule has 0 aromatic heterocycles. The summed E-state index contributed by atoms with van der Waals surface area (Å²) < 4.78 is 0. The van der Waals surface area contributed by atoms with Crippen LogP contribution in [0.25, 0.3) is 6.08 Å². The molecule has 0 N–H and O–H groups in total. The first kappa shape index (κ1) is 18.0. The molecule has 4 nitrogen and oxygen atoms in total. The smallest absolute Gasteiger partial charge is 0.226 e. The SMILES string of the molecule is O=C1CC2(CCN(C(=O)C3CC34CCC4)CC2)CN1C/C=C/c1ccccc1. The minimum absolute atomic E-state index is 0.0894. The molecular weight excluding hydrogens is 348 g/mol. The van der Waals surface area contributed by atoms with E-state index in [9.17, 15) is 9.59 Å². The molecule has 2 spiro atoms. The molecule has 1 aromatic carbocycles. The van der Waals surface area contributed by atoms with E-state index in [1.807, 2.05) is 23.1 Å². The molecule has 5 rings (SSSR count). The highest BCUT2D eigenvalue weighted by molar-refractivity contribution is 5.83. The molecule has 4 fully saturated rings. The van der Waals surface area contributed by atoms with Gasteiger partial charge in [-0.25, -0.2) is 0 Å². The topological polar surface area (TPSA) is 40.6 Å². The van der Waals surface area contributed by atoms with Crippen LogP contribution in [0.1, 0.15) is 50.5 Å². The van der Waals surface area contributed by atoms with Crippen LogP contribution in [-0.4, -0.2) is 47.8 Å². The van der Waals surface area contributed by atoms with Crippen LogP contribution in [0.4, 0.5) is 0 Å². The Labute approximate surface area is 167 Å². The molecule has 1 unspecified atom stereocenters. The lowest BCUT2D eigenvalue weighted by Gasteiger charge is -2.39. The minimum atomic E-state index is 0.0894. The van der Waals surface area contributed by atoms with Gasteiger partial charge in [-0.3, -0.25) is 9.59 Å². The van der Waals surface area contributed by atoms with E-state index in [0.717, 1.165) is 38.9 Å². The highest BCUT2D eigenvalue weighted by atomic mass is 16.2. The number of hydrogen-bond acceptors (Lipinski definition) is 2. The minimum Gasteiger partial charge on any atom is -0.342 e. The second-order valence-electron chi connectivity index (χ2n) is 9.56. The maximum absolute atomic E-state index is 12.8. The van der Waals surface area contributed by atoms with Gasteiger partial charge in [0.2, 0.25) is 11.8 Å². The van der Waals surface area contributed by atoms with Crippen molar-refractivity contribution in [2.45, 2.75) is 44.9 Å². The van der Waals surface area contributed by atoms with Gasteiger partial charge in [-0.2, -0.15) is 0 Å². The van der Waals surface area contributed by atoms with E-state index in [4.69, 9.17) is 0 Å². The van der Waals surface area contributed by atoms with Gasteiger partial charge in [-0.05, 0) is 43.1 Å². The summed E-state index contributed by atoms with van der Waals surface area (Å²) >= 11 is 0. The van der Waals surface area contributed by atoms with Crippen LogP contribution in [0, 0.1) is 16.7 Å². The van der Waals surface area contributed by atoms with Gasteiger partial charge in [0.15, 0.2) is 0 Å². The zero-order valence-electron chi connectivity index (χ0n) is 16.6. The Hall–Kier alpha value is -2.10. The number of rotatable bonds is 4. The summed E-state index contributed by atoms with van der Waals surface area (Å²) in [6.45, 7) is 3.21. The van der Waals surface area contributed by atoms with Crippen molar-refractivity contribution in [3.05, 3.63) is 42.0 Å². The van der Waals surface area contributed by atoms with Gasteiger partial charge in [-0.15, -0.1) is 0 Å². The first-order valence-corrected chi connectivity index (χ1v) is 10.9. The number of nitrogens with zero attached hydrogens (tertiary/aromatic N) is 2. The standard InChI is InChI=1S/C24H30N2O2/c27-21-17-23(18-26(21)13-4-8-19-6-2-1-3-7-19)11-14-25(15-12-23)22(28)20-16-24(20)9-5-10-24/h1-4,6-8,20H,5,9-18H2/b8-4+. The summed E-state index contributed by atoms with van der Waals surface area (Å²) in [6, 6.07) is 10.2. The van der Waals surface area contributed by atoms with Crippen LogP contribution in [0.2, 0.25) is 0 Å². The molecule has 1 aromatic rings. The number of hydrogen-bond donors (Lipinski definition) is 0. The van der Waals surface area contributed by atoms with E-state index in [0.29, 0.717) is 30.2 Å². The van der Waals surface area contributed by atoms with Gasteiger partial charge in [0, 0.05) is 43.9 Å². The van der Waals surface area contributed by atoms with Gasteiger partial charge in [0.1, 0.15) is 0 Å². The number of piperidine rings is 1. The van der Waals surface area contributed by atoms with Crippen LogP contribution in [0.3, 0.4) is 0 Å². The second kappa shape index (κ2) is 6.75. The van der Waals surface area contributed by atoms with Crippen LogP contribution in [0.15, 0.2) is 36.4 Å². The lowest BCUT2D eigenvalue weighted by Crippen LogP contribution is -2.45. The fourth-order valence-electron chi connectivity index (χ4n) is 5.67. The quantitative estimate of drug-likeness (QED) is 0.801. The van der Waals surface area contributed by atoms with Gasteiger partial charge < -0.3 is 9.80 Å². The highest BCUT2D eigenvalue weighted by Gasteiger charge is 2.62. The Kier molecular flexibility index (Phi) is 4.33. The molecule has 1 atom stereocenters. The van der Waals surface area contributed by atoms with Crippen LogP contribution in [0.5, 0.6) is 0 Å². The number of benzene rings is 1. The van der Waals surface area contributed by atoms with Crippen LogP contribution < -0.4 is 0 Å². The Balaban J connectivity index is 1.14. The van der Waals surface area contributed by atoms with Gasteiger partial charge in [-0.1, -0.05) is 48.9 Å². The fraction of sp³-hybridized carbons (Fsp3) is 0.583. The van der Waals surface area contributed by atoms with E-state index in [-0.39, 0.29) is 11.3 Å². The number of carbonyl (C=O) groups is 2. The second-order valence-corrected chi connectivity index (χ2v) is 9.56. The molecule has 4 aliphatic rings. The lowest BCUT2D eigenvalue weighted by molar-refractivity contribution is -0.136. The lowest BCUT2D eigenvalue weighted by atomic mass is 9.77. The largest absolute Gasteiger partial charge is 0.342 e. The molecule has 0 radical (unpaired) electrons.